The van der Waals surface area contributed by atoms with E-state index in [0.29, 0.717) is 6.54 Å². The monoisotopic (exact) mass is 292 g/mol. The summed E-state index contributed by atoms with van der Waals surface area (Å²) in [5.74, 6) is 0.602. The van der Waals surface area contributed by atoms with Crippen molar-refractivity contribution in [3.8, 4) is 5.75 Å². The Morgan fingerprint density at radius 1 is 1.38 bits per heavy atom. The number of benzene rings is 1. The highest BCUT2D eigenvalue weighted by molar-refractivity contribution is 5.77. The van der Waals surface area contributed by atoms with Gasteiger partial charge in [-0.3, -0.25) is 4.79 Å². The maximum absolute atomic E-state index is 11.2. The van der Waals surface area contributed by atoms with Crippen LogP contribution >= 0.6 is 0 Å². The minimum Gasteiger partial charge on any atom is -0.488 e. The highest BCUT2D eigenvalue weighted by Crippen LogP contribution is 2.28. The number of carbonyl (C=O) groups excluding carboxylic acids is 1. The van der Waals surface area contributed by atoms with Crippen LogP contribution < -0.4 is 15.8 Å². The Kier molecular flexibility index (Phi) is 5.59. The van der Waals surface area contributed by atoms with Gasteiger partial charge in [-0.05, 0) is 38.3 Å². The predicted octanol–water partition coefficient (Wildman–Crippen LogP) is 0.978. The number of ether oxygens (including phenoxy) is 1. The molecule has 1 aromatic rings. The lowest BCUT2D eigenvalue weighted by atomic mass is 9.84. The van der Waals surface area contributed by atoms with Crippen LogP contribution in [0.5, 0.6) is 5.75 Å². The van der Waals surface area contributed by atoms with Crippen LogP contribution in [0.15, 0.2) is 24.3 Å². The number of aryl methyl sites for hydroxylation is 1. The molecule has 3 atom stereocenters. The lowest BCUT2D eigenvalue weighted by molar-refractivity contribution is -0.120. The Labute approximate surface area is 125 Å². The number of carbonyl (C=O) groups is 1. The van der Waals surface area contributed by atoms with Gasteiger partial charge in [-0.15, -0.1) is 0 Å². The third-order valence-electron chi connectivity index (χ3n) is 3.98. The van der Waals surface area contributed by atoms with Crippen molar-refractivity contribution < 1.29 is 14.6 Å². The van der Waals surface area contributed by atoms with Gasteiger partial charge in [0.15, 0.2) is 0 Å². The zero-order valence-corrected chi connectivity index (χ0v) is 12.4. The minimum absolute atomic E-state index is 0.0182. The number of hydrogen-bond donors (Lipinski definition) is 3. The molecule has 5 heteroatoms. The standard InChI is InChI=1S/C16H24N2O3/c1-11-5-7-13(8-6-11)21-14-4-2-3-12(16(14)20)10-18-15(19)9-17/h5-8,12,14,16,20H,2-4,9-10,17H2,1H3,(H,18,19)/t12-,14-,16-/m1/s1. The summed E-state index contributed by atoms with van der Waals surface area (Å²) in [6, 6.07) is 7.82. The summed E-state index contributed by atoms with van der Waals surface area (Å²) < 4.78 is 5.90. The first kappa shape index (κ1) is 15.8. The summed E-state index contributed by atoms with van der Waals surface area (Å²) in [4.78, 5) is 11.2. The lowest BCUT2D eigenvalue weighted by Crippen LogP contribution is -2.46. The predicted molar refractivity (Wildman–Crippen MR) is 81.0 cm³/mol. The molecule has 1 amide bonds. The van der Waals surface area contributed by atoms with E-state index in [1.807, 2.05) is 31.2 Å². The molecule has 116 valence electrons. The van der Waals surface area contributed by atoms with Crippen molar-refractivity contribution in [2.75, 3.05) is 13.1 Å². The van der Waals surface area contributed by atoms with E-state index in [-0.39, 0.29) is 24.5 Å². The molecule has 1 aliphatic rings. The number of nitrogens with two attached hydrogens (primary N) is 1. The van der Waals surface area contributed by atoms with Crippen LogP contribution in [-0.2, 0) is 4.79 Å². The van der Waals surface area contributed by atoms with Crippen LogP contribution in [0.3, 0.4) is 0 Å². The quantitative estimate of drug-likeness (QED) is 0.755. The Balaban J connectivity index is 1.91. The van der Waals surface area contributed by atoms with Gasteiger partial charge in [0.2, 0.25) is 5.91 Å². The van der Waals surface area contributed by atoms with Crippen molar-refractivity contribution in [1.29, 1.82) is 0 Å². The fourth-order valence-electron chi connectivity index (χ4n) is 2.69. The molecule has 1 aromatic carbocycles. The molecule has 2 rings (SSSR count). The van der Waals surface area contributed by atoms with Crippen LogP contribution in [0.4, 0.5) is 0 Å². The summed E-state index contributed by atoms with van der Waals surface area (Å²) in [7, 11) is 0. The molecule has 4 N–H and O–H groups in total. The van der Waals surface area contributed by atoms with Crippen LogP contribution in [0, 0.1) is 12.8 Å². The number of hydrogen-bond acceptors (Lipinski definition) is 4. The summed E-state index contributed by atoms with van der Waals surface area (Å²) in [5.41, 5.74) is 6.44. The Morgan fingerprint density at radius 3 is 2.76 bits per heavy atom. The molecule has 0 heterocycles. The van der Waals surface area contributed by atoms with Gasteiger partial charge in [0.25, 0.3) is 0 Å². The van der Waals surface area contributed by atoms with Gasteiger partial charge in [0.1, 0.15) is 11.9 Å². The third-order valence-corrected chi connectivity index (χ3v) is 3.98. The van der Waals surface area contributed by atoms with Crippen LogP contribution in [0.2, 0.25) is 0 Å². The first-order valence-corrected chi connectivity index (χ1v) is 7.48. The van der Waals surface area contributed by atoms with Gasteiger partial charge >= 0.3 is 0 Å². The molecular weight excluding hydrogens is 268 g/mol. The van der Waals surface area contributed by atoms with Crippen molar-refractivity contribution in [3.63, 3.8) is 0 Å². The molecular formula is C16H24N2O3. The van der Waals surface area contributed by atoms with Gasteiger partial charge in [-0.25, -0.2) is 0 Å². The van der Waals surface area contributed by atoms with E-state index in [1.54, 1.807) is 0 Å². The smallest absolute Gasteiger partial charge is 0.233 e. The molecule has 5 nitrogen and oxygen atoms in total. The maximum atomic E-state index is 11.2. The number of nitrogens with one attached hydrogen (secondary N) is 1. The first-order valence-electron chi connectivity index (χ1n) is 7.48. The van der Waals surface area contributed by atoms with E-state index < -0.39 is 6.10 Å². The van der Waals surface area contributed by atoms with Gasteiger partial charge in [0.05, 0.1) is 12.6 Å². The fourth-order valence-corrected chi connectivity index (χ4v) is 2.69. The van der Waals surface area contributed by atoms with E-state index in [2.05, 4.69) is 5.32 Å². The molecule has 0 saturated heterocycles. The molecule has 0 aliphatic heterocycles. The zero-order chi connectivity index (χ0) is 15.2. The van der Waals surface area contributed by atoms with Crippen molar-refractivity contribution in [3.05, 3.63) is 29.8 Å². The largest absolute Gasteiger partial charge is 0.488 e. The number of amides is 1. The molecule has 21 heavy (non-hydrogen) atoms. The van der Waals surface area contributed by atoms with Crippen molar-refractivity contribution >= 4 is 5.91 Å². The van der Waals surface area contributed by atoms with Crippen LogP contribution in [0.25, 0.3) is 0 Å². The van der Waals surface area contributed by atoms with Crippen molar-refractivity contribution in [2.45, 2.75) is 38.4 Å². The molecule has 1 saturated carbocycles. The Bertz CT molecular complexity index is 461. The molecule has 1 fully saturated rings. The zero-order valence-electron chi connectivity index (χ0n) is 12.4. The van der Waals surface area contributed by atoms with Crippen LogP contribution in [0.1, 0.15) is 24.8 Å². The Morgan fingerprint density at radius 2 is 2.10 bits per heavy atom. The van der Waals surface area contributed by atoms with Gasteiger partial charge in [-0.1, -0.05) is 17.7 Å². The molecule has 0 unspecified atom stereocenters. The second kappa shape index (κ2) is 7.43. The average Bonchev–Trinajstić information content (AvgIpc) is 2.50. The van der Waals surface area contributed by atoms with E-state index in [9.17, 15) is 9.90 Å². The van der Waals surface area contributed by atoms with Gasteiger partial charge in [0, 0.05) is 12.5 Å². The topological polar surface area (TPSA) is 84.6 Å². The van der Waals surface area contributed by atoms with Crippen LogP contribution in [-0.4, -0.2) is 36.3 Å². The minimum atomic E-state index is -0.571. The fraction of sp³-hybridized carbons (Fsp3) is 0.562. The summed E-state index contributed by atoms with van der Waals surface area (Å²) in [6.07, 6.45) is 1.91. The lowest BCUT2D eigenvalue weighted by Gasteiger charge is -2.35. The molecule has 0 spiro atoms. The van der Waals surface area contributed by atoms with Crippen molar-refractivity contribution in [2.24, 2.45) is 11.7 Å². The highest BCUT2D eigenvalue weighted by Gasteiger charge is 2.33. The summed E-state index contributed by atoms with van der Waals surface area (Å²) in [6.45, 7) is 2.45. The number of aliphatic hydroxyl groups is 1. The highest BCUT2D eigenvalue weighted by atomic mass is 16.5. The molecule has 1 aliphatic carbocycles. The SMILES string of the molecule is Cc1ccc(O[C@@H]2CCC[C@H](CNC(=O)CN)[C@H]2O)cc1. The molecule has 0 bridgehead atoms. The average molecular weight is 292 g/mol. The molecule has 0 radical (unpaired) electrons. The number of rotatable bonds is 5. The van der Waals surface area contributed by atoms with E-state index in [4.69, 9.17) is 10.5 Å². The van der Waals surface area contributed by atoms with E-state index in [1.165, 1.54) is 5.56 Å². The van der Waals surface area contributed by atoms with Gasteiger partial charge in [-0.2, -0.15) is 0 Å². The van der Waals surface area contributed by atoms with Crippen molar-refractivity contribution in [1.82, 2.24) is 5.32 Å². The summed E-state index contributed by atoms with van der Waals surface area (Å²) in [5, 5.41) is 13.2. The summed E-state index contributed by atoms with van der Waals surface area (Å²) >= 11 is 0. The Hall–Kier alpha value is -1.59. The molecule has 0 aromatic heterocycles. The van der Waals surface area contributed by atoms with E-state index >= 15 is 0 Å². The second-order valence-electron chi connectivity index (χ2n) is 5.66. The first-order chi connectivity index (χ1) is 10.1. The normalized spacial score (nSPS) is 25.4. The van der Waals surface area contributed by atoms with Gasteiger partial charge < -0.3 is 20.9 Å². The third kappa shape index (κ3) is 4.44. The maximum Gasteiger partial charge on any atom is 0.233 e. The number of aliphatic hydroxyl groups excluding tert-OH is 1. The van der Waals surface area contributed by atoms with E-state index in [0.717, 1.165) is 25.0 Å². The second-order valence-corrected chi connectivity index (χ2v) is 5.66.